The maximum Gasteiger partial charge on any atom is 0.202 e. The second-order valence-corrected chi connectivity index (χ2v) is 4.16. The lowest BCUT2D eigenvalue weighted by atomic mass is 10.1. The molecule has 0 saturated heterocycles. The van der Waals surface area contributed by atoms with E-state index in [1.54, 1.807) is 6.07 Å². The Balaban J connectivity index is 2.35. The average molecular weight is 237 g/mol. The molecule has 1 aromatic heterocycles. The Labute approximate surface area is 97.5 Å². The summed E-state index contributed by atoms with van der Waals surface area (Å²) in [7, 11) is 0. The van der Waals surface area contributed by atoms with Gasteiger partial charge in [0.15, 0.2) is 5.82 Å². The van der Waals surface area contributed by atoms with Crippen LogP contribution in [-0.2, 0) is 0 Å². The number of aryl methyl sites for hydroxylation is 1. The molecule has 1 aromatic carbocycles. The number of halogens is 1. The molecule has 0 atom stereocenters. The predicted octanol–water partition coefficient (Wildman–Crippen LogP) is 3.08. The molecule has 1 heterocycles. The molecule has 0 amide bonds. The summed E-state index contributed by atoms with van der Waals surface area (Å²) in [5, 5.41) is 3.89. The Morgan fingerprint density at radius 3 is 2.94 bits per heavy atom. The van der Waals surface area contributed by atoms with Gasteiger partial charge < -0.3 is 5.32 Å². The minimum Gasteiger partial charge on any atom is -0.361 e. The summed E-state index contributed by atoms with van der Waals surface area (Å²) in [5.74, 6) is 0.418. The first-order valence-corrected chi connectivity index (χ1v) is 5.82. The summed E-state index contributed by atoms with van der Waals surface area (Å²) in [5.41, 5.74) is 1.72. The lowest BCUT2D eigenvalue weighted by Gasteiger charge is -2.00. The van der Waals surface area contributed by atoms with Crippen LogP contribution in [0.2, 0.25) is 0 Å². The minimum absolute atomic E-state index is 0.233. The Kier molecular flexibility index (Phi) is 3.14. The van der Waals surface area contributed by atoms with Crippen molar-refractivity contribution in [1.82, 2.24) is 9.36 Å². The number of anilines is 1. The zero-order valence-corrected chi connectivity index (χ0v) is 9.94. The van der Waals surface area contributed by atoms with E-state index in [2.05, 4.69) is 14.7 Å². The highest BCUT2D eigenvalue weighted by Crippen LogP contribution is 2.24. The summed E-state index contributed by atoms with van der Waals surface area (Å²) in [6.07, 6.45) is 0. The van der Waals surface area contributed by atoms with E-state index in [1.807, 2.05) is 13.8 Å². The minimum atomic E-state index is -0.233. The monoisotopic (exact) mass is 237 g/mol. The third-order valence-electron chi connectivity index (χ3n) is 2.18. The first-order chi connectivity index (χ1) is 7.70. The van der Waals surface area contributed by atoms with Gasteiger partial charge in [0.25, 0.3) is 0 Å². The first kappa shape index (κ1) is 11.0. The van der Waals surface area contributed by atoms with Crippen LogP contribution >= 0.6 is 11.5 Å². The molecule has 1 N–H and O–H groups in total. The van der Waals surface area contributed by atoms with E-state index in [4.69, 9.17) is 0 Å². The van der Waals surface area contributed by atoms with Gasteiger partial charge in [-0.1, -0.05) is 0 Å². The van der Waals surface area contributed by atoms with Crippen molar-refractivity contribution in [2.45, 2.75) is 13.8 Å². The molecule has 0 saturated carbocycles. The normalized spacial score (nSPS) is 10.4. The van der Waals surface area contributed by atoms with E-state index in [9.17, 15) is 4.39 Å². The highest BCUT2D eigenvalue weighted by atomic mass is 32.1. The van der Waals surface area contributed by atoms with E-state index < -0.39 is 0 Å². The largest absolute Gasteiger partial charge is 0.361 e. The number of benzene rings is 1. The van der Waals surface area contributed by atoms with Gasteiger partial charge >= 0.3 is 0 Å². The summed E-state index contributed by atoms with van der Waals surface area (Å²) in [6, 6.07) is 4.63. The van der Waals surface area contributed by atoms with E-state index in [0.717, 1.165) is 22.8 Å². The van der Waals surface area contributed by atoms with Crippen LogP contribution in [0, 0.1) is 12.7 Å². The summed E-state index contributed by atoms with van der Waals surface area (Å²) in [4.78, 5) is 4.33. The summed E-state index contributed by atoms with van der Waals surface area (Å²) in [6.45, 7) is 4.67. The Morgan fingerprint density at radius 2 is 2.25 bits per heavy atom. The van der Waals surface area contributed by atoms with Crippen molar-refractivity contribution in [3.05, 3.63) is 29.6 Å². The number of nitrogens with one attached hydrogen (secondary N) is 1. The third-order valence-corrected chi connectivity index (χ3v) is 2.86. The molecule has 16 heavy (non-hydrogen) atoms. The van der Waals surface area contributed by atoms with Crippen molar-refractivity contribution in [1.29, 1.82) is 0 Å². The van der Waals surface area contributed by atoms with Crippen molar-refractivity contribution in [2.24, 2.45) is 0 Å². The molecule has 2 aromatic rings. The van der Waals surface area contributed by atoms with E-state index in [-0.39, 0.29) is 5.82 Å². The molecule has 3 nitrogen and oxygen atoms in total. The first-order valence-electron chi connectivity index (χ1n) is 5.05. The highest BCUT2D eigenvalue weighted by molar-refractivity contribution is 7.09. The molecule has 0 aliphatic heterocycles. The maximum absolute atomic E-state index is 12.9. The predicted molar refractivity (Wildman–Crippen MR) is 64.2 cm³/mol. The fourth-order valence-corrected chi connectivity index (χ4v) is 2.08. The molecule has 84 valence electrons. The Morgan fingerprint density at radius 1 is 1.44 bits per heavy atom. The van der Waals surface area contributed by atoms with Crippen LogP contribution < -0.4 is 5.32 Å². The molecule has 0 fully saturated rings. The number of nitrogens with zero attached hydrogens (tertiary/aromatic N) is 2. The third kappa shape index (κ3) is 2.19. The van der Waals surface area contributed by atoms with E-state index >= 15 is 0 Å². The van der Waals surface area contributed by atoms with E-state index in [1.165, 1.54) is 23.7 Å². The fraction of sp³-hybridized carbons (Fsp3) is 0.273. The van der Waals surface area contributed by atoms with Crippen molar-refractivity contribution < 1.29 is 4.39 Å². The lowest BCUT2D eigenvalue weighted by Crippen LogP contribution is -1.95. The Hall–Kier alpha value is -1.49. The molecule has 0 bridgehead atoms. The molecule has 0 aliphatic rings. The lowest BCUT2D eigenvalue weighted by molar-refractivity contribution is 0.627. The van der Waals surface area contributed by atoms with Gasteiger partial charge in [-0.05, 0) is 37.6 Å². The van der Waals surface area contributed by atoms with Crippen LogP contribution in [0.1, 0.15) is 12.5 Å². The smallest absolute Gasteiger partial charge is 0.202 e. The standard InChI is InChI=1S/C11H12FN3S/c1-3-13-11-14-10(15-16-11)9-5-4-8(12)6-7(9)2/h4-6H,3H2,1-2H3,(H,13,14,15). The van der Waals surface area contributed by atoms with Gasteiger partial charge in [-0.25, -0.2) is 4.39 Å². The van der Waals surface area contributed by atoms with Gasteiger partial charge in [0.1, 0.15) is 5.82 Å². The molecule has 0 radical (unpaired) electrons. The van der Waals surface area contributed by atoms with Crippen LogP contribution in [0.4, 0.5) is 9.52 Å². The average Bonchev–Trinajstić information content (AvgIpc) is 2.67. The van der Waals surface area contributed by atoms with Crippen molar-refractivity contribution >= 4 is 16.7 Å². The molecule has 5 heteroatoms. The fourth-order valence-electron chi connectivity index (χ4n) is 1.43. The molecular formula is C11H12FN3S. The highest BCUT2D eigenvalue weighted by Gasteiger charge is 2.09. The second kappa shape index (κ2) is 4.57. The Bertz CT molecular complexity index is 496. The zero-order chi connectivity index (χ0) is 11.5. The summed E-state index contributed by atoms with van der Waals surface area (Å²) < 4.78 is 17.2. The van der Waals surface area contributed by atoms with Crippen LogP contribution in [0.3, 0.4) is 0 Å². The molecule has 0 aliphatic carbocycles. The van der Waals surface area contributed by atoms with Gasteiger partial charge in [-0.15, -0.1) is 0 Å². The van der Waals surface area contributed by atoms with Gasteiger partial charge in [-0.3, -0.25) is 0 Å². The summed E-state index contributed by atoms with van der Waals surface area (Å²) >= 11 is 1.32. The number of aromatic nitrogens is 2. The van der Waals surface area contributed by atoms with Crippen LogP contribution in [-0.4, -0.2) is 15.9 Å². The van der Waals surface area contributed by atoms with E-state index in [0.29, 0.717) is 5.82 Å². The molecule has 0 spiro atoms. The van der Waals surface area contributed by atoms with Crippen molar-refractivity contribution in [2.75, 3.05) is 11.9 Å². The van der Waals surface area contributed by atoms with Crippen molar-refractivity contribution in [3.8, 4) is 11.4 Å². The molecular weight excluding hydrogens is 225 g/mol. The molecule has 0 unspecified atom stereocenters. The van der Waals surface area contributed by atoms with Crippen molar-refractivity contribution in [3.63, 3.8) is 0 Å². The quantitative estimate of drug-likeness (QED) is 0.891. The maximum atomic E-state index is 12.9. The molecule has 2 rings (SSSR count). The van der Waals surface area contributed by atoms with Crippen LogP contribution in [0.5, 0.6) is 0 Å². The number of rotatable bonds is 3. The number of hydrogen-bond acceptors (Lipinski definition) is 4. The zero-order valence-electron chi connectivity index (χ0n) is 9.12. The van der Waals surface area contributed by atoms with Gasteiger partial charge in [0.05, 0.1) is 0 Å². The van der Waals surface area contributed by atoms with Gasteiger partial charge in [0.2, 0.25) is 5.13 Å². The van der Waals surface area contributed by atoms with Crippen LogP contribution in [0.25, 0.3) is 11.4 Å². The SMILES string of the molecule is CCNc1nc(-c2ccc(F)cc2C)ns1. The second-order valence-electron chi connectivity index (χ2n) is 3.41. The van der Waals surface area contributed by atoms with Gasteiger partial charge in [0, 0.05) is 23.6 Å². The number of hydrogen-bond donors (Lipinski definition) is 1. The topological polar surface area (TPSA) is 37.8 Å². The van der Waals surface area contributed by atoms with Crippen LogP contribution in [0.15, 0.2) is 18.2 Å². The van der Waals surface area contributed by atoms with Gasteiger partial charge in [-0.2, -0.15) is 9.36 Å².